The van der Waals surface area contributed by atoms with Crippen LogP contribution in [-0.2, 0) is 35.0 Å². The van der Waals surface area contributed by atoms with E-state index in [-0.39, 0.29) is 41.9 Å². The van der Waals surface area contributed by atoms with Gasteiger partial charge in [0.05, 0.1) is 18.1 Å². The molecule has 9 unspecified atom stereocenters. The Hall–Kier alpha value is -2.22. The molecule has 3 aliphatic carbocycles. The summed E-state index contributed by atoms with van der Waals surface area (Å²) < 4.78 is 24.7. The van der Waals surface area contributed by atoms with Crippen LogP contribution in [0.25, 0.3) is 0 Å². The Kier molecular flexibility index (Phi) is 5.54. The van der Waals surface area contributed by atoms with Gasteiger partial charge in [0.15, 0.2) is 11.7 Å². The average molecular weight is 537 g/mol. The summed E-state index contributed by atoms with van der Waals surface area (Å²) in [5.41, 5.74) is 1.16. The Balaban J connectivity index is 1.19. The molecule has 0 aromatic heterocycles. The van der Waals surface area contributed by atoms with Crippen molar-refractivity contribution in [3.63, 3.8) is 0 Å². The Morgan fingerprint density at radius 1 is 1.10 bits per heavy atom. The molecular formula is C32H40O7. The molecule has 2 saturated carbocycles. The second-order valence-corrected chi connectivity index (χ2v) is 13.6. The zero-order valence-electron chi connectivity index (χ0n) is 23.6. The molecule has 4 fully saturated rings. The normalized spacial score (nSPS) is 42.2. The molecule has 1 aromatic carbocycles. The summed E-state index contributed by atoms with van der Waals surface area (Å²) >= 11 is 0. The molecule has 2 saturated heterocycles. The Labute approximate surface area is 230 Å². The number of rotatable bonds is 6. The Bertz CT molecular complexity index is 1250. The monoisotopic (exact) mass is 536 g/mol. The van der Waals surface area contributed by atoms with Crippen LogP contribution < -0.4 is 0 Å². The van der Waals surface area contributed by atoms with Gasteiger partial charge in [-0.3, -0.25) is 4.79 Å². The van der Waals surface area contributed by atoms with Crippen LogP contribution >= 0.6 is 0 Å². The molecular weight excluding hydrogens is 496 g/mol. The lowest BCUT2D eigenvalue weighted by Crippen LogP contribution is -2.71. The van der Waals surface area contributed by atoms with Crippen molar-refractivity contribution in [3.05, 3.63) is 46.5 Å². The van der Waals surface area contributed by atoms with Gasteiger partial charge < -0.3 is 24.1 Å². The van der Waals surface area contributed by atoms with Crippen LogP contribution in [0.2, 0.25) is 0 Å². The molecule has 210 valence electrons. The van der Waals surface area contributed by atoms with E-state index in [0.29, 0.717) is 38.2 Å². The molecule has 1 spiro atoms. The smallest absolute Gasteiger partial charge is 0.334 e. The highest BCUT2D eigenvalue weighted by Gasteiger charge is 2.90. The lowest BCUT2D eigenvalue weighted by Gasteiger charge is -2.54. The lowest BCUT2D eigenvalue weighted by atomic mass is 9.51. The summed E-state index contributed by atoms with van der Waals surface area (Å²) in [4.78, 5) is 26.0. The minimum absolute atomic E-state index is 0.0377. The summed E-state index contributed by atoms with van der Waals surface area (Å²) in [6.07, 6.45) is 2.31. The van der Waals surface area contributed by atoms with E-state index in [0.717, 1.165) is 23.1 Å². The predicted octanol–water partition coefficient (Wildman–Crippen LogP) is 4.25. The zero-order valence-corrected chi connectivity index (χ0v) is 23.6. The van der Waals surface area contributed by atoms with Gasteiger partial charge >= 0.3 is 11.9 Å². The number of ether oxygens (including phenoxy) is 4. The molecule has 0 amide bonds. The summed E-state index contributed by atoms with van der Waals surface area (Å²) in [7, 11) is 0. The van der Waals surface area contributed by atoms with Gasteiger partial charge in [0.1, 0.15) is 17.8 Å². The van der Waals surface area contributed by atoms with Crippen LogP contribution in [0.1, 0.15) is 77.3 Å². The van der Waals surface area contributed by atoms with Gasteiger partial charge in [-0.1, -0.05) is 52.0 Å². The molecule has 7 rings (SSSR count). The van der Waals surface area contributed by atoms with Crippen molar-refractivity contribution in [3.8, 4) is 0 Å². The van der Waals surface area contributed by atoms with Crippen LogP contribution in [-0.4, -0.2) is 58.8 Å². The van der Waals surface area contributed by atoms with Crippen LogP contribution in [0.3, 0.4) is 0 Å². The Morgan fingerprint density at radius 2 is 1.85 bits per heavy atom. The second-order valence-electron chi connectivity index (χ2n) is 13.6. The number of hydrogen-bond acceptors (Lipinski definition) is 7. The molecule has 39 heavy (non-hydrogen) atoms. The first-order valence-corrected chi connectivity index (χ1v) is 14.8. The van der Waals surface area contributed by atoms with Crippen LogP contribution in [0.15, 0.2) is 35.4 Å². The maximum atomic E-state index is 13.7. The van der Waals surface area contributed by atoms with Crippen LogP contribution in [0.4, 0.5) is 0 Å². The van der Waals surface area contributed by atoms with E-state index in [9.17, 15) is 14.7 Å². The maximum Gasteiger partial charge on any atom is 0.334 e. The van der Waals surface area contributed by atoms with E-state index in [1.807, 2.05) is 19.1 Å². The maximum absolute atomic E-state index is 13.7. The first-order valence-electron chi connectivity index (χ1n) is 14.8. The van der Waals surface area contributed by atoms with Crippen molar-refractivity contribution in [2.24, 2.45) is 23.7 Å². The highest BCUT2D eigenvalue weighted by atomic mass is 16.7. The summed E-state index contributed by atoms with van der Waals surface area (Å²) in [5.74, 6) is -0.380. The molecule has 1 aromatic rings. The fourth-order valence-electron chi connectivity index (χ4n) is 8.78. The number of benzene rings is 1. The van der Waals surface area contributed by atoms with Gasteiger partial charge in [-0.25, -0.2) is 4.79 Å². The van der Waals surface area contributed by atoms with Crippen molar-refractivity contribution in [2.45, 2.75) is 108 Å². The minimum atomic E-state index is -1.20. The van der Waals surface area contributed by atoms with Crippen LogP contribution in [0, 0.1) is 23.7 Å². The van der Waals surface area contributed by atoms with Crippen molar-refractivity contribution in [1.29, 1.82) is 0 Å². The quantitative estimate of drug-likeness (QED) is 0.429. The predicted molar refractivity (Wildman–Crippen MR) is 142 cm³/mol. The van der Waals surface area contributed by atoms with Gasteiger partial charge in [-0.05, 0) is 73.0 Å². The fourth-order valence-corrected chi connectivity index (χ4v) is 8.78. The summed E-state index contributed by atoms with van der Waals surface area (Å²) in [6, 6.07) is 8.23. The zero-order chi connectivity index (χ0) is 27.5. The fraction of sp³-hybridized carbons (Fsp3) is 0.688. The molecule has 7 heteroatoms. The third-order valence-electron chi connectivity index (χ3n) is 10.8. The van der Waals surface area contributed by atoms with E-state index < -0.39 is 28.8 Å². The van der Waals surface area contributed by atoms with Crippen molar-refractivity contribution < 1.29 is 33.6 Å². The first-order chi connectivity index (χ1) is 18.5. The largest absolute Gasteiger partial charge is 0.458 e. The molecule has 0 radical (unpaired) electrons. The number of esters is 2. The molecule has 3 heterocycles. The van der Waals surface area contributed by atoms with E-state index >= 15 is 0 Å². The molecule has 3 aliphatic heterocycles. The minimum Gasteiger partial charge on any atom is -0.458 e. The third kappa shape index (κ3) is 3.39. The molecule has 6 aliphatic rings. The van der Waals surface area contributed by atoms with Gasteiger partial charge in [-0.2, -0.15) is 0 Å². The van der Waals surface area contributed by atoms with Gasteiger partial charge in [0.25, 0.3) is 0 Å². The molecule has 0 bridgehead atoms. The van der Waals surface area contributed by atoms with E-state index in [1.165, 1.54) is 5.56 Å². The first kappa shape index (κ1) is 25.7. The number of hydrogen-bond donors (Lipinski definition) is 1. The van der Waals surface area contributed by atoms with Gasteiger partial charge in [0, 0.05) is 12.0 Å². The topological polar surface area (TPSA) is 97.9 Å². The SMILES string of the molecule is CC(C)Cc1ccc(C(C)C(=O)OC2C3(C(C)C)OC3CC3(O)C4CCC5=C(COC5=O)C4CC4OC423)cc1. The van der Waals surface area contributed by atoms with Gasteiger partial charge in [-0.15, -0.1) is 0 Å². The summed E-state index contributed by atoms with van der Waals surface area (Å²) in [6.45, 7) is 10.8. The van der Waals surface area contributed by atoms with Crippen molar-refractivity contribution >= 4 is 11.9 Å². The van der Waals surface area contributed by atoms with E-state index in [4.69, 9.17) is 18.9 Å². The molecule has 7 nitrogen and oxygen atoms in total. The number of carbonyl (C=O) groups is 2. The molecule has 9 atom stereocenters. The number of cyclic esters (lactones) is 1. The number of aliphatic hydroxyl groups is 1. The lowest BCUT2D eigenvalue weighted by molar-refractivity contribution is -0.197. The van der Waals surface area contributed by atoms with Crippen molar-refractivity contribution in [1.82, 2.24) is 0 Å². The van der Waals surface area contributed by atoms with Gasteiger partial charge in [0.2, 0.25) is 0 Å². The van der Waals surface area contributed by atoms with E-state index in [2.05, 4.69) is 39.8 Å². The molecule has 1 N–H and O–H groups in total. The highest BCUT2D eigenvalue weighted by molar-refractivity contribution is 5.92. The third-order valence-corrected chi connectivity index (χ3v) is 10.8. The van der Waals surface area contributed by atoms with Crippen molar-refractivity contribution in [2.75, 3.05) is 6.61 Å². The van der Waals surface area contributed by atoms with E-state index in [1.54, 1.807) is 0 Å². The second kappa shape index (κ2) is 8.40. The highest BCUT2D eigenvalue weighted by Crippen LogP contribution is 2.73. The summed E-state index contributed by atoms with van der Waals surface area (Å²) in [5, 5.41) is 12.6. The average Bonchev–Trinajstić information content (AvgIpc) is 3.77. The number of epoxide rings is 2. The Morgan fingerprint density at radius 3 is 2.54 bits per heavy atom. The number of fused-ring (bicyclic) bond motifs is 4. The number of carbonyl (C=O) groups excluding carboxylic acids is 2. The standard InChI is InChI=1S/C32H40O7/c1-16(2)12-19-6-8-20(9-7-19)18(5)27(33)37-29-31(17(3)4)26(38-31)14-30(35)24-11-10-21-23(15-36-28(21)34)22(24)13-25-32(29,30)39-25/h6-9,16-18,22,24-26,29,35H,10-15H2,1-5H3. The van der Waals surface area contributed by atoms with Crippen LogP contribution in [0.5, 0.6) is 0 Å².